The van der Waals surface area contributed by atoms with Crippen LogP contribution < -0.4 is 16.0 Å². The molecule has 0 heterocycles. The molecule has 0 atom stereocenters. The molecule has 0 spiro atoms. The van der Waals surface area contributed by atoms with Crippen molar-refractivity contribution in [3.63, 3.8) is 0 Å². The number of hydrogen-bond acceptors (Lipinski definition) is 4. The van der Waals surface area contributed by atoms with Crippen LogP contribution >= 0.6 is 0 Å². The summed E-state index contributed by atoms with van der Waals surface area (Å²) in [6.07, 6.45) is 1.06. The highest BCUT2D eigenvalue weighted by atomic mass is 15.1. The Balaban J connectivity index is 2.69. The average Bonchev–Trinajstić information content (AvgIpc) is 2.29. The van der Waals surface area contributed by atoms with E-state index >= 15 is 0 Å². The summed E-state index contributed by atoms with van der Waals surface area (Å²) in [7, 11) is 3.95. The van der Waals surface area contributed by atoms with Crippen molar-refractivity contribution in [2.45, 2.75) is 6.42 Å². The number of hydrogen-bond donors (Lipinski definition) is 2. The largest absolute Gasteiger partial charge is 0.397 e. The van der Waals surface area contributed by atoms with Crippen LogP contribution in [0.1, 0.15) is 12.0 Å². The number of nitriles is 1. The molecule has 86 valence electrons. The first kappa shape index (κ1) is 12.3. The quantitative estimate of drug-likeness (QED) is 0.575. The number of nitrogens with one attached hydrogen (secondary N) is 1. The predicted molar refractivity (Wildman–Crippen MR) is 67.4 cm³/mol. The molecule has 1 aromatic carbocycles. The molecule has 0 saturated carbocycles. The molecule has 0 aromatic heterocycles. The minimum Gasteiger partial charge on any atom is -0.397 e. The van der Waals surface area contributed by atoms with Crippen molar-refractivity contribution < 1.29 is 0 Å². The first-order valence-electron chi connectivity index (χ1n) is 5.34. The Morgan fingerprint density at radius 3 is 2.81 bits per heavy atom. The standard InChI is InChI=1S/C12H18N4/c1-15-6-3-7-16(2)12-5-4-10(9-13)8-11(12)14/h4-5,8,15H,3,6-7,14H2,1-2H3. The van der Waals surface area contributed by atoms with Gasteiger partial charge in [-0.2, -0.15) is 5.26 Å². The van der Waals surface area contributed by atoms with E-state index in [0.29, 0.717) is 11.3 Å². The number of benzene rings is 1. The summed E-state index contributed by atoms with van der Waals surface area (Å²) in [5.74, 6) is 0. The fraction of sp³-hybridized carbons (Fsp3) is 0.417. The Labute approximate surface area is 96.7 Å². The third-order valence-corrected chi connectivity index (χ3v) is 2.49. The summed E-state index contributed by atoms with van der Waals surface area (Å²) in [6.45, 7) is 1.93. The molecule has 3 N–H and O–H groups in total. The molecule has 0 radical (unpaired) electrons. The maximum atomic E-state index is 8.74. The van der Waals surface area contributed by atoms with E-state index in [1.807, 2.05) is 20.2 Å². The van der Waals surface area contributed by atoms with Gasteiger partial charge in [0.15, 0.2) is 0 Å². The van der Waals surface area contributed by atoms with Crippen LogP contribution in [0.15, 0.2) is 18.2 Å². The third-order valence-electron chi connectivity index (χ3n) is 2.49. The molecule has 0 aliphatic carbocycles. The SMILES string of the molecule is CNCCCN(C)c1ccc(C#N)cc1N. The van der Waals surface area contributed by atoms with E-state index in [9.17, 15) is 0 Å². The molecule has 0 bridgehead atoms. The van der Waals surface area contributed by atoms with E-state index in [-0.39, 0.29) is 0 Å². The van der Waals surface area contributed by atoms with Crippen LogP contribution in [0.2, 0.25) is 0 Å². The number of nitrogens with zero attached hydrogens (tertiary/aromatic N) is 2. The molecular formula is C12H18N4. The van der Waals surface area contributed by atoms with Gasteiger partial charge in [0, 0.05) is 13.6 Å². The van der Waals surface area contributed by atoms with Gasteiger partial charge in [0.2, 0.25) is 0 Å². The first-order valence-corrected chi connectivity index (χ1v) is 5.34. The molecule has 4 heteroatoms. The van der Waals surface area contributed by atoms with Crippen molar-refractivity contribution in [1.82, 2.24) is 5.32 Å². The van der Waals surface area contributed by atoms with Crippen molar-refractivity contribution in [3.8, 4) is 6.07 Å². The van der Waals surface area contributed by atoms with E-state index in [4.69, 9.17) is 11.0 Å². The smallest absolute Gasteiger partial charge is 0.0992 e. The van der Waals surface area contributed by atoms with Crippen LogP contribution in [0.25, 0.3) is 0 Å². The Morgan fingerprint density at radius 1 is 1.50 bits per heavy atom. The van der Waals surface area contributed by atoms with Crippen molar-refractivity contribution in [2.75, 3.05) is 37.8 Å². The van der Waals surface area contributed by atoms with Gasteiger partial charge in [0.05, 0.1) is 23.0 Å². The number of anilines is 2. The van der Waals surface area contributed by atoms with E-state index in [2.05, 4.69) is 16.3 Å². The van der Waals surface area contributed by atoms with Gasteiger partial charge in [-0.05, 0) is 38.2 Å². The highest BCUT2D eigenvalue weighted by Gasteiger charge is 2.05. The molecule has 1 aromatic rings. The van der Waals surface area contributed by atoms with E-state index < -0.39 is 0 Å². The highest BCUT2D eigenvalue weighted by molar-refractivity contribution is 5.69. The topological polar surface area (TPSA) is 65.1 Å². The summed E-state index contributed by atoms with van der Waals surface area (Å²) in [4.78, 5) is 2.10. The van der Waals surface area contributed by atoms with E-state index in [1.54, 1.807) is 12.1 Å². The normalized spacial score (nSPS) is 9.81. The maximum Gasteiger partial charge on any atom is 0.0992 e. The summed E-state index contributed by atoms with van der Waals surface area (Å²) in [5, 5.41) is 11.8. The molecule has 16 heavy (non-hydrogen) atoms. The zero-order valence-electron chi connectivity index (χ0n) is 9.83. The van der Waals surface area contributed by atoms with Crippen LogP contribution in [0, 0.1) is 11.3 Å². The van der Waals surface area contributed by atoms with Gasteiger partial charge in [-0.25, -0.2) is 0 Å². The summed E-state index contributed by atoms with van der Waals surface area (Å²) < 4.78 is 0. The van der Waals surface area contributed by atoms with Crippen LogP contribution in [0.4, 0.5) is 11.4 Å². The molecule has 4 nitrogen and oxygen atoms in total. The number of nitrogen functional groups attached to an aromatic ring is 1. The van der Waals surface area contributed by atoms with E-state index in [1.165, 1.54) is 0 Å². The second-order valence-electron chi connectivity index (χ2n) is 3.76. The highest BCUT2D eigenvalue weighted by Crippen LogP contribution is 2.23. The molecule has 1 rings (SSSR count). The van der Waals surface area contributed by atoms with Crippen molar-refractivity contribution in [1.29, 1.82) is 5.26 Å². The van der Waals surface area contributed by atoms with Crippen LogP contribution in [0.3, 0.4) is 0 Å². The first-order chi connectivity index (χ1) is 7.69. The zero-order chi connectivity index (χ0) is 12.0. The predicted octanol–water partition coefficient (Wildman–Crippen LogP) is 1.19. The fourth-order valence-electron chi connectivity index (χ4n) is 1.59. The Hall–Kier alpha value is -1.73. The van der Waals surface area contributed by atoms with Crippen molar-refractivity contribution in [2.24, 2.45) is 0 Å². The van der Waals surface area contributed by atoms with E-state index in [0.717, 1.165) is 25.2 Å². The molecule has 0 fully saturated rings. The molecule has 0 unspecified atom stereocenters. The minimum atomic E-state index is 0.602. The average molecular weight is 218 g/mol. The Kier molecular flexibility index (Phi) is 4.62. The summed E-state index contributed by atoms with van der Waals surface area (Å²) in [5.41, 5.74) is 8.14. The van der Waals surface area contributed by atoms with Crippen molar-refractivity contribution >= 4 is 11.4 Å². The summed E-state index contributed by atoms with van der Waals surface area (Å²) in [6, 6.07) is 7.48. The second kappa shape index (κ2) is 5.99. The lowest BCUT2D eigenvalue weighted by molar-refractivity contribution is 0.713. The monoisotopic (exact) mass is 218 g/mol. The molecule has 0 amide bonds. The molecule has 0 saturated heterocycles. The summed E-state index contributed by atoms with van der Waals surface area (Å²) >= 11 is 0. The van der Waals surface area contributed by atoms with Crippen LogP contribution in [-0.4, -0.2) is 27.2 Å². The molecular weight excluding hydrogens is 200 g/mol. The Morgan fingerprint density at radius 2 is 2.25 bits per heavy atom. The van der Waals surface area contributed by atoms with Crippen LogP contribution in [-0.2, 0) is 0 Å². The Bertz CT molecular complexity index is 381. The minimum absolute atomic E-state index is 0.602. The van der Waals surface area contributed by atoms with Gasteiger partial charge in [-0.3, -0.25) is 0 Å². The molecule has 0 aliphatic rings. The second-order valence-corrected chi connectivity index (χ2v) is 3.76. The van der Waals surface area contributed by atoms with Gasteiger partial charge in [0.1, 0.15) is 0 Å². The van der Waals surface area contributed by atoms with Gasteiger partial charge in [-0.1, -0.05) is 0 Å². The fourth-order valence-corrected chi connectivity index (χ4v) is 1.59. The lowest BCUT2D eigenvalue weighted by Gasteiger charge is -2.21. The number of nitrogens with two attached hydrogens (primary N) is 1. The van der Waals surface area contributed by atoms with Gasteiger partial charge < -0.3 is 16.0 Å². The lowest BCUT2D eigenvalue weighted by Crippen LogP contribution is -2.23. The van der Waals surface area contributed by atoms with Crippen molar-refractivity contribution in [3.05, 3.63) is 23.8 Å². The van der Waals surface area contributed by atoms with Gasteiger partial charge in [-0.15, -0.1) is 0 Å². The van der Waals surface area contributed by atoms with Gasteiger partial charge >= 0.3 is 0 Å². The zero-order valence-corrected chi connectivity index (χ0v) is 9.83. The lowest BCUT2D eigenvalue weighted by atomic mass is 10.1. The molecule has 0 aliphatic heterocycles. The maximum absolute atomic E-state index is 8.74. The van der Waals surface area contributed by atoms with Gasteiger partial charge in [0.25, 0.3) is 0 Å². The third kappa shape index (κ3) is 3.14. The number of rotatable bonds is 5. The van der Waals surface area contributed by atoms with Crippen LogP contribution in [0.5, 0.6) is 0 Å².